The van der Waals surface area contributed by atoms with Crippen LogP contribution in [0.5, 0.6) is 0 Å². The van der Waals surface area contributed by atoms with Crippen molar-refractivity contribution in [2.45, 2.75) is 12.5 Å². The van der Waals surface area contributed by atoms with E-state index >= 15 is 0 Å². The number of hydrogen-bond donors (Lipinski definition) is 2. The van der Waals surface area contributed by atoms with Crippen LogP contribution in [0.15, 0.2) is 12.4 Å². The lowest BCUT2D eigenvalue weighted by Gasteiger charge is -2.02. The molecule has 80 valence electrons. The van der Waals surface area contributed by atoms with E-state index in [1.165, 1.54) is 10.7 Å². The monoisotopic (exact) mass is 227 g/mol. The Morgan fingerprint density at radius 1 is 1.60 bits per heavy atom. The summed E-state index contributed by atoms with van der Waals surface area (Å²) < 4.78 is 1.47. The summed E-state index contributed by atoms with van der Waals surface area (Å²) in [7, 11) is 0. The highest BCUT2D eigenvalue weighted by atomic mass is 35.5. The first-order valence-corrected chi connectivity index (χ1v) is 4.83. The molecule has 0 bridgehead atoms. The Kier molecular flexibility index (Phi) is 2.81. The Morgan fingerprint density at radius 2 is 2.40 bits per heavy atom. The number of halogens is 1. The first-order valence-electron chi connectivity index (χ1n) is 4.45. The van der Waals surface area contributed by atoms with Gasteiger partial charge in [-0.15, -0.1) is 5.10 Å². The van der Waals surface area contributed by atoms with Crippen LogP contribution >= 0.6 is 11.6 Å². The van der Waals surface area contributed by atoms with Crippen molar-refractivity contribution in [3.05, 3.63) is 23.2 Å². The first kappa shape index (κ1) is 10.3. The molecule has 0 aromatic carbocycles. The van der Waals surface area contributed by atoms with Gasteiger partial charge in [0.1, 0.15) is 0 Å². The number of nitrogens with two attached hydrogens (primary N) is 1. The van der Waals surface area contributed by atoms with Gasteiger partial charge in [-0.05, 0) is 6.42 Å². The molecule has 6 nitrogen and oxygen atoms in total. The summed E-state index contributed by atoms with van der Waals surface area (Å²) in [5.41, 5.74) is 5.75. The molecule has 3 N–H and O–H groups in total. The fraction of sp³-hybridized carbons (Fsp3) is 0.375. The van der Waals surface area contributed by atoms with Gasteiger partial charge < -0.3 is 10.8 Å². The molecule has 2 aromatic heterocycles. The first-order chi connectivity index (χ1) is 7.20. The second-order valence-electron chi connectivity index (χ2n) is 3.11. The van der Waals surface area contributed by atoms with Crippen molar-refractivity contribution in [1.82, 2.24) is 19.6 Å². The maximum atomic E-state index is 8.74. The smallest absolute Gasteiger partial charge is 0.252 e. The number of aliphatic hydroxyl groups excluding tert-OH is 1. The molecule has 15 heavy (non-hydrogen) atoms. The number of hydrogen-bond acceptors (Lipinski definition) is 5. The highest BCUT2D eigenvalue weighted by molar-refractivity contribution is 6.30. The Bertz CT molecular complexity index is 471. The summed E-state index contributed by atoms with van der Waals surface area (Å²) in [4.78, 5) is 8.10. The zero-order chi connectivity index (χ0) is 10.8. The summed E-state index contributed by atoms with van der Waals surface area (Å²) in [5.74, 6) is 0.904. The van der Waals surface area contributed by atoms with Crippen LogP contribution in [0.2, 0.25) is 5.02 Å². The van der Waals surface area contributed by atoms with Crippen molar-refractivity contribution in [3.8, 4) is 0 Å². The van der Waals surface area contributed by atoms with E-state index in [1.807, 2.05) is 0 Å². The number of aromatic nitrogens is 4. The fourth-order valence-electron chi connectivity index (χ4n) is 1.20. The molecule has 0 saturated carbocycles. The average molecular weight is 228 g/mol. The van der Waals surface area contributed by atoms with Crippen molar-refractivity contribution >= 4 is 17.4 Å². The Balaban J connectivity index is 2.38. The van der Waals surface area contributed by atoms with E-state index in [1.54, 1.807) is 6.20 Å². The van der Waals surface area contributed by atoms with Gasteiger partial charge in [-0.25, -0.2) is 9.50 Å². The van der Waals surface area contributed by atoms with Crippen LogP contribution in [0.3, 0.4) is 0 Å². The minimum absolute atomic E-state index is 0.00486. The lowest BCUT2D eigenvalue weighted by molar-refractivity contribution is 0.274. The van der Waals surface area contributed by atoms with Crippen LogP contribution in [0.1, 0.15) is 18.3 Å². The Labute approximate surface area is 90.7 Å². The third kappa shape index (κ3) is 2.06. The van der Waals surface area contributed by atoms with Crippen LogP contribution in [0, 0.1) is 0 Å². The fourth-order valence-corrected chi connectivity index (χ4v) is 1.34. The lowest BCUT2D eigenvalue weighted by Crippen LogP contribution is -2.13. The summed E-state index contributed by atoms with van der Waals surface area (Å²) in [6.45, 7) is 0.00486. The van der Waals surface area contributed by atoms with Gasteiger partial charge in [-0.2, -0.15) is 4.98 Å². The molecule has 0 saturated heterocycles. The number of nitrogens with zero attached hydrogens (tertiary/aromatic N) is 4. The third-order valence-electron chi connectivity index (χ3n) is 1.95. The van der Waals surface area contributed by atoms with E-state index in [4.69, 9.17) is 22.4 Å². The standard InChI is InChI=1S/C8H10ClN5O/c9-5-3-11-8-12-7(6(10)1-2-15)13-14(8)4-5/h3-4,6,15H,1-2,10H2. The molecule has 1 unspecified atom stereocenters. The maximum Gasteiger partial charge on any atom is 0.252 e. The van der Waals surface area contributed by atoms with Crippen molar-refractivity contribution < 1.29 is 5.11 Å². The summed E-state index contributed by atoms with van der Waals surface area (Å²) in [6.07, 6.45) is 3.52. The third-order valence-corrected chi connectivity index (χ3v) is 2.15. The predicted octanol–water partition coefficient (Wildman–Crippen LogP) is 0.160. The van der Waals surface area contributed by atoms with Crippen molar-refractivity contribution in [2.24, 2.45) is 5.73 Å². The quantitative estimate of drug-likeness (QED) is 0.780. The van der Waals surface area contributed by atoms with Gasteiger partial charge in [0.25, 0.3) is 5.78 Å². The molecule has 1 atom stereocenters. The minimum atomic E-state index is -0.379. The van der Waals surface area contributed by atoms with Crippen molar-refractivity contribution in [3.63, 3.8) is 0 Å². The summed E-state index contributed by atoms with van der Waals surface area (Å²) in [6, 6.07) is -0.379. The number of aliphatic hydroxyl groups is 1. The van der Waals surface area contributed by atoms with Gasteiger partial charge >= 0.3 is 0 Å². The molecule has 7 heteroatoms. The highest BCUT2D eigenvalue weighted by Crippen LogP contribution is 2.11. The topological polar surface area (TPSA) is 89.3 Å². The molecule has 0 fully saturated rings. The molecular formula is C8H10ClN5O. The van der Waals surface area contributed by atoms with Gasteiger partial charge in [-0.3, -0.25) is 0 Å². The summed E-state index contributed by atoms with van der Waals surface area (Å²) >= 11 is 5.75. The van der Waals surface area contributed by atoms with E-state index in [0.717, 1.165) is 0 Å². The molecule has 0 aliphatic carbocycles. The SMILES string of the molecule is NC(CCO)c1nc2ncc(Cl)cn2n1. The highest BCUT2D eigenvalue weighted by Gasteiger charge is 2.12. The molecule has 2 heterocycles. The maximum absolute atomic E-state index is 8.74. The molecule has 2 aromatic rings. The van der Waals surface area contributed by atoms with E-state index in [0.29, 0.717) is 23.0 Å². The van der Waals surface area contributed by atoms with Gasteiger partial charge in [-0.1, -0.05) is 11.6 Å². The average Bonchev–Trinajstić information content (AvgIpc) is 2.60. The second kappa shape index (κ2) is 4.09. The zero-order valence-corrected chi connectivity index (χ0v) is 8.59. The molecular weight excluding hydrogens is 218 g/mol. The predicted molar refractivity (Wildman–Crippen MR) is 54.4 cm³/mol. The normalized spacial score (nSPS) is 13.3. The van der Waals surface area contributed by atoms with Gasteiger partial charge in [0.15, 0.2) is 5.82 Å². The lowest BCUT2D eigenvalue weighted by atomic mass is 10.2. The number of rotatable bonds is 3. The minimum Gasteiger partial charge on any atom is -0.396 e. The molecule has 0 spiro atoms. The largest absolute Gasteiger partial charge is 0.396 e. The van der Waals surface area contributed by atoms with Gasteiger partial charge in [0.05, 0.1) is 23.5 Å². The zero-order valence-electron chi connectivity index (χ0n) is 7.84. The Morgan fingerprint density at radius 3 is 3.13 bits per heavy atom. The molecule has 0 amide bonds. The van der Waals surface area contributed by atoms with Crippen LogP contribution in [0.4, 0.5) is 0 Å². The van der Waals surface area contributed by atoms with Crippen LogP contribution in [-0.4, -0.2) is 31.3 Å². The van der Waals surface area contributed by atoms with Crippen LogP contribution < -0.4 is 5.73 Å². The molecule has 0 aliphatic heterocycles. The van der Waals surface area contributed by atoms with E-state index in [9.17, 15) is 0 Å². The van der Waals surface area contributed by atoms with E-state index < -0.39 is 0 Å². The second-order valence-corrected chi connectivity index (χ2v) is 3.54. The van der Waals surface area contributed by atoms with E-state index in [-0.39, 0.29) is 12.6 Å². The summed E-state index contributed by atoms with van der Waals surface area (Å²) in [5, 5.41) is 13.3. The van der Waals surface area contributed by atoms with Crippen LogP contribution in [-0.2, 0) is 0 Å². The van der Waals surface area contributed by atoms with E-state index in [2.05, 4.69) is 15.1 Å². The van der Waals surface area contributed by atoms with Crippen molar-refractivity contribution in [2.75, 3.05) is 6.61 Å². The van der Waals surface area contributed by atoms with Crippen molar-refractivity contribution in [1.29, 1.82) is 0 Å². The molecule has 0 radical (unpaired) electrons. The molecule has 0 aliphatic rings. The molecule has 2 rings (SSSR count). The Hall–Kier alpha value is -1.24. The number of fused-ring (bicyclic) bond motifs is 1. The van der Waals surface area contributed by atoms with Crippen LogP contribution in [0.25, 0.3) is 5.78 Å². The van der Waals surface area contributed by atoms with Gasteiger partial charge in [0.2, 0.25) is 0 Å². The van der Waals surface area contributed by atoms with Gasteiger partial charge in [0, 0.05) is 6.61 Å².